The van der Waals surface area contributed by atoms with Crippen molar-refractivity contribution in [3.63, 3.8) is 0 Å². The number of aromatic nitrogens is 7. The van der Waals surface area contributed by atoms with Crippen molar-refractivity contribution in [3.8, 4) is 17.6 Å². The third-order valence-corrected chi connectivity index (χ3v) is 2.73. The molecular formula is C11H10ClN7. The molecule has 0 aliphatic heterocycles. The van der Waals surface area contributed by atoms with Gasteiger partial charge in [0.05, 0.1) is 0 Å². The molecule has 0 unspecified atom stereocenters. The molecule has 0 amide bonds. The highest BCUT2D eigenvalue weighted by molar-refractivity contribution is 6.28. The molecule has 0 N–H and O–H groups in total. The number of aryl methyl sites for hydroxylation is 1. The summed E-state index contributed by atoms with van der Waals surface area (Å²) < 4.78 is 3.45. The highest BCUT2D eigenvalue weighted by Gasteiger charge is 2.13. The van der Waals surface area contributed by atoms with Crippen LogP contribution >= 0.6 is 11.6 Å². The van der Waals surface area contributed by atoms with E-state index in [0.717, 1.165) is 6.54 Å². The van der Waals surface area contributed by atoms with Crippen molar-refractivity contribution in [3.05, 3.63) is 36.1 Å². The first-order valence-corrected chi connectivity index (χ1v) is 6.09. The molecule has 19 heavy (non-hydrogen) atoms. The largest absolute Gasteiger partial charge is 0.329 e. The Morgan fingerprint density at radius 1 is 1.16 bits per heavy atom. The second-order valence-electron chi connectivity index (χ2n) is 3.72. The van der Waals surface area contributed by atoms with Gasteiger partial charge in [-0.05, 0) is 24.6 Å². The molecule has 3 aromatic rings. The van der Waals surface area contributed by atoms with Crippen LogP contribution in [0.15, 0.2) is 30.9 Å². The molecule has 0 saturated heterocycles. The second kappa shape index (κ2) is 4.77. The second-order valence-corrected chi connectivity index (χ2v) is 4.05. The highest BCUT2D eigenvalue weighted by atomic mass is 35.5. The van der Waals surface area contributed by atoms with Crippen LogP contribution in [0.1, 0.15) is 6.92 Å². The number of imidazole rings is 1. The maximum absolute atomic E-state index is 5.94. The molecule has 0 fully saturated rings. The first-order chi connectivity index (χ1) is 9.28. The Kier molecular flexibility index (Phi) is 2.96. The topological polar surface area (TPSA) is 74.3 Å². The fourth-order valence-electron chi connectivity index (χ4n) is 1.70. The van der Waals surface area contributed by atoms with Crippen LogP contribution in [0.5, 0.6) is 0 Å². The molecule has 8 heteroatoms. The van der Waals surface area contributed by atoms with E-state index < -0.39 is 0 Å². The van der Waals surface area contributed by atoms with E-state index in [1.165, 1.54) is 4.68 Å². The quantitative estimate of drug-likeness (QED) is 0.726. The summed E-state index contributed by atoms with van der Waals surface area (Å²) in [4.78, 5) is 16.7. The van der Waals surface area contributed by atoms with Gasteiger partial charge < -0.3 is 4.57 Å². The Morgan fingerprint density at radius 2 is 2.05 bits per heavy atom. The van der Waals surface area contributed by atoms with Crippen LogP contribution in [-0.2, 0) is 6.54 Å². The predicted octanol–water partition coefficient (Wildman–Crippen LogP) is 1.59. The summed E-state index contributed by atoms with van der Waals surface area (Å²) >= 11 is 5.94. The van der Waals surface area contributed by atoms with Gasteiger partial charge in [0.2, 0.25) is 11.1 Å². The van der Waals surface area contributed by atoms with Crippen LogP contribution in [0.2, 0.25) is 5.28 Å². The van der Waals surface area contributed by atoms with E-state index in [2.05, 4.69) is 25.0 Å². The van der Waals surface area contributed by atoms with Crippen molar-refractivity contribution in [1.82, 2.24) is 34.3 Å². The Hall–Kier alpha value is -2.28. The van der Waals surface area contributed by atoms with Crippen molar-refractivity contribution in [2.24, 2.45) is 0 Å². The van der Waals surface area contributed by atoms with E-state index in [9.17, 15) is 0 Å². The summed E-state index contributed by atoms with van der Waals surface area (Å²) in [6, 6.07) is 1.78. The highest BCUT2D eigenvalue weighted by Crippen LogP contribution is 2.15. The molecule has 7 nitrogen and oxygen atoms in total. The third kappa shape index (κ3) is 2.19. The zero-order valence-electron chi connectivity index (χ0n) is 10.1. The van der Waals surface area contributed by atoms with E-state index in [4.69, 9.17) is 11.6 Å². The van der Waals surface area contributed by atoms with Gasteiger partial charge in [0.25, 0.3) is 5.95 Å². The normalized spacial score (nSPS) is 10.8. The first kappa shape index (κ1) is 11.8. The fraction of sp³-hybridized carbons (Fsp3) is 0.182. The minimum Gasteiger partial charge on any atom is -0.329 e. The molecule has 0 saturated carbocycles. The molecule has 96 valence electrons. The Labute approximate surface area is 113 Å². The lowest BCUT2D eigenvalue weighted by Gasteiger charge is -2.05. The zero-order valence-corrected chi connectivity index (χ0v) is 10.9. The molecule has 3 rings (SSSR count). The number of rotatable bonds is 3. The number of halogens is 1. The van der Waals surface area contributed by atoms with Gasteiger partial charge in [-0.25, -0.2) is 9.67 Å². The number of nitrogens with zero attached hydrogens (tertiary/aromatic N) is 7. The van der Waals surface area contributed by atoms with E-state index in [1.54, 1.807) is 24.7 Å². The van der Waals surface area contributed by atoms with Gasteiger partial charge in [0.15, 0.2) is 5.82 Å². The number of hydrogen-bond acceptors (Lipinski definition) is 5. The Bertz CT molecular complexity index is 689. The summed E-state index contributed by atoms with van der Waals surface area (Å²) in [5, 5.41) is 4.18. The van der Waals surface area contributed by atoms with E-state index in [-0.39, 0.29) is 5.28 Å². The molecule has 0 aliphatic rings. The average Bonchev–Trinajstić information content (AvgIpc) is 3.09. The molecule has 0 spiro atoms. The van der Waals surface area contributed by atoms with Gasteiger partial charge >= 0.3 is 0 Å². The fourth-order valence-corrected chi connectivity index (χ4v) is 1.86. The smallest absolute Gasteiger partial charge is 0.255 e. The van der Waals surface area contributed by atoms with Crippen LogP contribution in [0.25, 0.3) is 17.6 Å². The van der Waals surface area contributed by atoms with Crippen LogP contribution in [0.4, 0.5) is 0 Å². The molecular weight excluding hydrogens is 266 g/mol. The third-order valence-electron chi connectivity index (χ3n) is 2.56. The van der Waals surface area contributed by atoms with E-state index in [1.807, 2.05) is 17.7 Å². The minimum atomic E-state index is 0.112. The Morgan fingerprint density at radius 3 is 2.79 bits per heavy atom. The van der Waals surface area contributed by atoms with Crippen molar-refractivity contribution in [1.29, 1.82) is 0 Å². The Balaban J connectivity index is 2.13. The van der Waals surface area contributed by atoms with Gasteiger partial charge in [-0.1, -0.05) is 0 Å². The molecule has 0 aliphatic carbocycles. The molecule has 0 bridgehead atoms. The van der Waals surface area contributed by atoms with E-state index in [0.29, 0.717) is 17.6 Å². The lowest BCUT2D eigenvalue weighted by molar-refractivity contribution is 0.753. The van der Waals surface area contributed by atoms with Crippen molar-refractivity contribution in [2.45, 2.75) is 13.5 Å². The van der Waals surface area contributed by atoms with Gasteiger partial charge in [0.1, 0.15) is 0 Å². The summed E-state index contributed by atoms with van der Waals surface area (Å²) in [5.74, 6) is 1.45. The standard InChI is InChI=1S/C11H10ClN7/c1-2-18-7-5-13-9(18)8-15-10(12)17-11(16-8)19-6-3-4-14-19/h3-7H,2H2,1H3. The number of hydrogen-bond donors (Lipinski definition) is 0. The van der Waals surface area contributed by atoms with Crippen molar-refractivity contribution < 1.29 is 0 Å². The lowest BCUT2D eigenvalue weighted by Crippen LogP contribution is -2.07. The van der Waals surface area contributed by atoms with Crippen LogP contribution in [0.3, 0.4) is 0 Å². The maximum Gasteiger partial charge on any atom is 0.255 e. The molecule has 0 aromatic carbocycles. The van der Waals surface area contributed by atoms with E-state index >= 15 is 0 Å². The monoisotopic (exact) mass is 275 g/mol. The molecule has 3 heterocycles. The molecule has 3 aromatic heterocycles. The van der Waals surface area contributed by atoms with Crippen LogP contribution in [-0.4, -0.2) is 34.3 Å². The van der Waals surface area contributed by atoms with Crippen molar-refractivity contribution >= 4 is 11.6 Å². The lowest BCUT2D eigenvalue weighted by atomic mass is 10.5. The summed E-state index contributed by atoms with van der Waals surface area (Å²) in [5.41, 5.74) is 0. The minimum absolute atomic E-state index is 0.112. The maximum atomic E-state index is 5.94. The summed E-state index contributed by atoms with van der Waals surface area (Å²) in [6.07, 6.45) is 6.94. The average molecular weight is 276 g/mol. The van der Waals surface area contributed by atoms with Crippen molar-refractivity contribution in [2.75, 3.05) is 0 Å². The van der Waals surface area contributed by atoms with Gasteiger partial charge in [-0.3, -0.25) is 0 Å². The molecule has 0 radical (unpaired) electrons. The van der Waals surface area contributed by atoms with Crippen LogP contribution < -0.4 is 0 Å². The summed E-state index contributed by atoms with van der Waals surface area (Å²) in [6.45, 7) is 2.79. The SMILES string of the molecule is CCn1ccnc1-c1nc(Cl)nc(-n2cccn2)n1. The molecule has 0 atom stereocenters. The summed E-state index contributed by atoms with van der Waals surface area (Å²) in [7, 11) is 0. The van der Waals surface area contributed by atoms with Gasteiger partial charge in [-0.15, -0.1) is 0 Å². The van der Waals surface area contributed by atoms with Crippen LogP contribution in [0, 0.1) is 0 Å². The first-order valence-electron chi connectivity index (χ1n) is 5.71. The predicted molar refractivity (Wildman–Crippen MR) is 68.9 cm³/mol. The van der Waals surface area contributed by atoms with Gasteiger partial charge in [0, 0.05) is 31.3 Å². The zero-order chi connectivity index (χ0) is 13.2. The van der Waals surface area contributed by atoms with Gasteiger partial charge in [-0.2, -0.15) is 20.1 Å².